The number of para-hydroxylation sites is 1. The van der Waals surface area contributed by atoms with Crippen LogP contribution in [0.15, 0.2) is 36.9 Å². The average molecular weight is 251 g/mol. The minimum absolute atomic E-state index is 0.237. The Labute approximate surface area is 108 Å². The van der Waals surface area contributed by atoms with Gasteiger partial charge in [-0.2, -0.15) is 0 Å². The molecule has 0 aliphatic carbocycles. The Morgan fingerprint density at radius 2 is 2.17 bits per heavy atom. The maximum atomic E-state index is 9.50. The van der Waals surface area contributed by atoms with Crippen molar-refractivity contribution in [2.75, 3.05) is 26.8 Å². The third kappa shape index (κ3) is 4.49. The Bertz CT molecular complexity index is 368. The molecule has 0 saturated heterocycles. The molecule has 4 nitrogen and oxygen atoms in total. The van der Waals surface area contributed by atoms with Crippen LogP contribution in [0.2, 0.25) is 0 Å². The molecule has 4 heteroatoms. The fraction of sp³-hybridized carbons (Fsp3) is 0.429. The zero-order valence-corrected chi connectivity index (χ0v) is 10.7. The molecule has 1 aromatic rings. The van der Waals surface area contributed by atoms with Gasteiger partial charge in [0.25, 0.3) is 0 Å². The van der Waals surface area contributed by atoms with Crippen LogP contribution in [0, 0.1) is 0 Å². The molecule has 1 atom stereocenters. The molecular formula is C14H21NO3. The van der Waals surface area contributed by atoms with Crippen LogP contribution in [0.5, 0.6) is 5.75 Å². The number of hydrogen-bond donors (Lipinski definition) is 2. The number of ether oxygens (including phenoxy) is 1. The topological polar surface area (TPSA) is 52.9 Å². The number of aliphatic hydroxyl groups is 2. The number of nitrogens with zero attached hydrogens (tertiary/aromatic N) is 1. The van der Waals surface area contributed by atoms with Crippen LogP contribution in [0.3, 0.4) is 0 Å². The molecule has 1 aromatic carbocycles. The first-order valence-electron chi connectivity index (χ1n) is 5.95. The first kappa shape index (κ1) is 14.7. The molecule has 0 spiro atoms. The van der Waals surface area contributed by atoms with Crippen molar-refractivity contribution < 1.29 is 14.9 Å². The summed E-state index contributed by atoms with van der Waals surface area (Å²) in [5.74, 6) is 0.824. The van der Waals surface area contributed by atoms with Crippen molar-refractivity contribution >= 4 is 0 Å². The van der Waals surface area contributed by atoms with Crippen molar-refractivity contribution in [3.8, 4) is 5.75 Å². The lowest BCUT2D eigenvalue weighted by Crippen LogP contribution is -2.34. The molecule has 0 heterocycles. The van der Waals surface area contributed by atoms with Crippen LogP contribution in [0.4, 0.5) is 0 Å². The van der Waals surface area contributed by atoms with E-state index in [-0.39, 0.29) is 6.61 Å². The second kappa shape index (κ2) is 7.87. The largest absolute Gasteiger partial charge is 0.496 e. The Morgan fingerprint density at radius 3 is 2.78 bits per heavy atom. The number of hydrogen-bond acceptors (Lipinski definition) is 4. The Hall–Kier alpha value is -1.36. The number of aliphatic hydroxyl groups excluding tert-OH is 2. The molecule has 0 fully saturated rings. The maximum Gasteiger partial charge on any atom is 0.123 e. The van der Waals surface area contributed by atoms with Gasteiger partial charge in [0.05, 0.1) is 19.8 Å². The van der Waals surface area contributed by atoms with Crippen molar-refractivity contribution in [1.82, 2.24) is 4.90 Å². The summed E-state index contributed by atoms with van der Waals surface area (Å²) in [5, 5.41) is 18.4. The van der Waals surface area contributed by atoms with Crippen LogP contribution in [0.1, 0.15) is 5.56 Å². The number of rotatable bonds is 8. The van der Waals surface area contributed by atoms with Gasteiger partial charge < -0.3 is 14.9 Å². The van der Waals surface area contributed by atoms with Gasteiger partial charge in [0.2, 0.25) is 0 Å². The molecule has 0 aliphatic heterocycles. The Morgan fingerprint density at radius 1 is 1.44 bits per heavy atom. The minimum atomic E-state index is -0.736. The molecule has 0 amide bonds. The fourth-order valence-electron chi connectivity index (χ4n) is 1.82. The SMILES string of the molecule is C=CCN(Cc1ccccc1OC)C[C@H](O)CO. The summed E-state index contributed by atoms with van der Waals surface area (Å²) in [7, 11) is 1.64. The van der Waals surface area contributed by atoms with Gasteiger partial charge in [0.15, 0.2) is 0 Å². The molecule has 0 unspecified atom stereocenters. The van der Waals surface area contributed by atoms with Gasteiger partial charge in [-0.15, -0.1) is 6.58 Å². The predicted molar refractivity (Wildman–Crippen MR) is 71.6 cm³/mol. The molecule has 1 rings (SSSR count). The lowest BCUT2D eigenvalue weighted by Gasteiger charge is -2.23. The minimum Gasteiger partial charge on any atom is -0.496 e. The lowest BCUT2D eigenvalue weighted by atomic mass is 10.1. The third-order valence-electron chi connectivity index (χ3n) is 2.65. The van der Waals surface area contributed by atoms with Crippen molar-refractivity contribution in [1.29, 1.82) is 0 Å². The molecule has 2 N–H and O–H groups in total. The van der Waals surface area contributed by atoms with E-state index in [4.69, 9.17) is 9.84 Å². The van der Waals surface area contributed by atoms with Gasteiger partial charge in [-0.1, -0.05) is 24.3 Å². The molecule has 0 bridgehead atoms. The zero-order chi connectivity index (χ0) is 13.4. The van der Waals surface area contributed by atoms with E-state index < -0.39 is 6.10 Å². The van der Waals surface area contributed by atoms with Crippen molar-refractivity contribution in [2.24, 2.45) is 0 Å². The summed E-state index contributed by atoms with van der Waals surface area (Å²) in [6.45, 7) is 5.16. The van der Waals surface area contributed by atoms with Gasteiger partial charge in [-0.05, 0) is 6.07 Å². The monoisotopic (exact) mass is 251 g/mol. The van der Waals surface area contributed by atoms with Crippen LogP contribution in [-0.2, 0) is 6.54 Å². The fourth-order valence-corrected chi connectivity index (χ4v) is 1.82. The van der Waals surface area contributed by atoms with Crippen LogP contribution < -0.4 is 4.74 Å². The standard InChI is InChI=1S/C14H21NO3/c1-3-8-15(10-13(17)11-16)9-12-6-4-5-7-14(12)18-2/h3-7,13,16-17H,1,8-11H2,2H3/t13-/m0/s1. The van der Waals surface area contributed by atoms with E-state index in [1.807, 2.05) is 29.2 Å². The predicted octanol–water partition coefficient (Wildman–Crippen LogP) is 1.04. The van der Waals surface area contributed by atoms with Gasteiger partial charge >= 0.3 is 0 Å². The second-order valence-electron chi connectivity index (χ2n) is 4.13. The molecule has 0 saturated carbocycles. The summed E-state index contributed by atoms with van der Waals surface area (Å²) in [6.07, 6.45) is 1.04. The summed E-state index contributed by atoms with van der Waals surface area (Å²) in [4.78, 5) is 2.01. The maximum absolute atomic E-state index is 9.50. The van der Waals surface area contributed by atoms with Crippen LogP contribution in [-0.4, -0.2) is 48.0 Å². The molecule has 0 radical (unpaired) electrons. The first-order valence-corrected chi connectivity index (χ1v) is 5.95. The van der Waals surface area contributed by atoms with Crippen molar-refractivity contribution in [2.45, 2.75) is 12.6 Å². The number of benzene rings is 1. The highest BCUT2D eigenvalue weighted by Gasteiger charge is 2.12. The second-order valence-corrected chi connectivity index (χ2v) is 4.13. The van der Waals surface area contributed by atoms with E-state index >= 15 is 0 Å². The summed E-state index contributed by atoms with van der Waals surface area (Å²) >= 11 is 0. The first-order chi connectivity index (χ1) is 8.71. The smallest absolute Gasteiger partial charge is 0.123 e. The van der Waals surface area contributed by atoms with E-state index in [1.54, 1.807) is 13.2 Å². The van der Waals surface area contributed by atoms with Crippen molar-refractivity contribution in [3.63, 3.8) is 0 Å². The van der Waals surface area contributed by atoms with Gasteiger partial charge in [0, 0.05) is 25.2 Å². The highest BCUT2D eigenvalue weighted by Crippen LogP contribution is 2.19. The van der Waals surface area contributed by atoms with Gasteiger partial charge in [-0.3, -0.25) is 4.90 Å². The van der Waals surface area contributed by atoms with Gasteiger partial charge in [-0.25, -0.2) is 0 Å². The van der Waals surface area contributed by atoms with Gasteiger partial charge in [0.1, 0.15) is 5.75 Å². The van der Waals surface area contributed by atoms with E-state index in [1.165, 1.54) is 0 Å². The molecule has 0 aromatic heterocycles. The molecular weight excluding hydrogens is 230 g/mol. The Balaban J connectivity index is 2.72. The lowest BCUT2D eigenvalue weighted by molar-refractivity contribution is 0.0602. The zero-order valence-electron chi connectivity index (χ0n) is 10.7. The molecule has 0 aliphatic rings. The van der Waals surface area contributed by atoms with E-state index in [0.29, 0.717) is 19.6 Å². The van der Waals surface area contributed by atoms with Crippen molar-refractivity contribution in [3.05, 3.63) is 42.5 Å². The molecule has 18 heavy (non-hydrogen) atoms. The quantitative estimate of drug-likeness (QED) is 0.678. The van der Waals surface area contributed by atoms with E-state index in [0.717, 1.165) is 11.3 Å². The third-order valence-corrected chi connectivity index (χ3v) is 2.65. The van der Waals surface area contributed by atoms with Crippen LogP contribution in [0.25, 0.3) is 0 Å². The van der Waals surface area contributed by atoms with Crippen LogP contribution >= 0.6 is 0 Å². The summed E-state index contributed by atoms with van der Waals surface area (Å²) in [6, 6.07) is 7.76. The summed E-state index contributed by atoms with van der Waals surface area (Å²) < 4.78 is 5.29. The molecule has 100 valence electrons. The highest BCUT2D eigenvalue weighted by molar-refractivity contribution is 5.33. The average Bonchev–Trinajstić information content (AvgIpc) is 2.39. The Kier molecular flexibility index (Phi) is 6.43. The highest BCUT2D eigenvalue weighted by atomic mass is 16.5. The number of methoxy groups -OCH3 is 1. The summed E-state index contributed by atoms with van der Waals surface area (Å²) in [5.41, 5.74) is 1.05. The van der Waals surface area contributed by atoms with E-state index in [2.05, 4.69) is 6.58 Å². The normalized spacial score (nSPS) is 12.4. The van der Waals surface area contributed by atoms with E-state index in [9.17, 15) is 5.11 Å².